The lowest BCUT2D eigenvalue weighted by Crippen LogP contribution is -2.45. The number of amides is 2. The Hall–Kier alpha value is -2.40. The zero-order chi connectivity index (χ0) is 19.7. The maximum atomic E-state index is 13.7. The first-order valence-corrected chi connectivity index (χ1v) is 7.75. The van der Waals surface area contributed by atoms with Gasteiger partial charge < -0.3 is 4.74 Å². The van der Waals surface area contributed by atoms with Crippen molar-refractivity contribution in [1.29, 1.82) is 0 Å². The molecule has 1 aliphatic rings. The Morgan fingerprint density at radius 1 is 1.35 bits per heavy atom. The van der Waals surface area contributed by atoms with Crippen molar-refractivity contribution in [3.63, 3.8) is 0 Å². The third-order valence-electron chi connectivity index (χ3n) is 3.29. The molecule has 0 radical (unpaired) electrons. The van der Waals surface area contributed by atoms with Gasteiger partial charge >= 0.3 is 12.3 Å². The third kappa shape index (κ3) is 5.56. The molecule has 1 fully saturated rings. The van der Waals surface area contributed by atoms with E-state index in [9.17, 15) is 27.2 Å². The van der Waals surface area contributed by atoms with Crippen LogP contribution in [0.3, 0.4) is 0 Å². The van der Waals surface area contributed by atoms with Crippen molar-refractivity contribution in [2.24, 2.45) is 0 Å². The van der Waals surface area contributed by atoms with Gasteiger partial charge in [-0.1, -0.05) is 0 Å². The molecule has 0 aromatic carbocycles. The second-order valence-electron chi connectivity index (χ2n) is 6.85. The maximum absolute atomic E-state index is 13.7. The number of alkyl halides is 4. The Balaban J connectivity index is 2.04. The number of anilines is 1. The van der Waals surface area contributed by atoms with E-state index in [0.717, 1.165) is 11.2 Å². The number of carbonyl (C=O) groups excluding carboxylic acids is 2. The standard InChI is InChI=1S/C14H19F4N5O3/c1-13(2,3)26-12(25)23-5-8(15)4-9(23)10(24)20-11-19-7-22(21-11)6-14(16,17)18/h7-9H,4-6H2,1-3H3,(H,20,21,24). The molecule has 2 unspecified atom stereocenters. The first-order chi connectivity index (χ1) is 11.8. The van der Waals surface area contributed by atoms with E-state index < -0.39 is 42.5 Å². The summed E-state index contributed by atoms with van der Waals surface area (Å²) in [5.41, 5.74) is -0.829. The number of nitrogens with zero attached hydrogens (tertiary/aromatic N) is 4. The van der Waals surface area contributed by atoms with Gasteiger partial charge in [0.05, 0.1) is 6.54 Å². The van der Waals surface area contributed by atoms with Gasteiger partial charge in [-0.2, -0.15) is 13.2 Å². The van der Waals surface area contributed by atoms with Crippen LogP contribution in [0.5, 0.6) is 0 Å². The molecule has 26 heavy (non-hydrogen) atoms. The smallest absolute Gasteiger partial charge is 0.411 e. The van der Waals surface area contributed by atoms with Crippen LogP contribution < -0.4 is 5.32 Å². The number of aromatic nitrogens is 3. The number of halogens is 4. The summed E-state index contributed by atoms with van der Waals surface area (Å²) in [5, 5.41) is 5.67. The van der Waals surface area contributed by atoms with Gasteiger partial charge in [-0.3, -0.25) is 15.0 Å². The normalized spacial score (nSPS) is 21.0. The molecule has 0 bridgehead atoms. The topological polar surface area (TPSA) is 89.4 Å². The van der Waals surface area contributed by atoms with Gasteiger partial charge in [0, 0.05) is 6.42 Å². The quantitative estimate of drug-likeness (QED) is 0.811. The largest absolute Gasteiger partial charge is 0.444 e. The number of nitrogens with one attached hydrogen (secondary N) is 1. The van der Waals surface area contributed by atoms with E-state index in [-0.39, 0.29) is 18.9 Å². The summed E-state index contributed by atoms with van der Waals surface area (Å²) in [5.74, 6) is -1.17. The van der Waals surface area contributed by atoms with Crippen LogP contribution in [0.2, 0.25) is 0 Å². The van der Waals surface area contributed by atoms with Crippen molar-refractivity contribution in [1.82, 2.24) is 19.7 Å². The molecule has 2 heterocycles. The summed E-state index contributed by atoms with van der Waals surface area (Å²) in [6.07, 6.45) is -6.21. The van der Waals surface area contributed by atoms with E-state index in [0.29, 0.717) is 4.68 Å². The Morgan fingerprint density at radius 2 is 2.00 bits per heavy atom. The van der Waals surface area contributed by atoms with Crippen molar-refractivity contribution in [3.05, 3.63) is 6.33 Å². The van der Waals surface area contributed by atoms with E-state index in [1.807, 2.05) is 0 Å². The van der Waals surface area contributed by atoms with E-state index >= 15 is 0 Å². The Morgan fingerprint density at radius 3 is 2.58 bits per heavy atom. The van der Waals surface area contributed by atoms with E-state index in [1.165, 1.54) is 0 Å². The SMILES string of the molecule is CC(C)(C)OC(=O)N1CC(F)CC1C(=O)Nc1ncn(CC(F)(F)F)n1. The van der Waals surface area contributed by atoms with Crippen LogP contribution in [-0.4, -0.2) is 62.2 Å². The van der Waals surface area contributed by atoms with Crippen molar-refractivity contribution in [2.75, 3.05) is 11.9 Å². The molecule has 0 spiro atoms. The second-order valence-corrected chi connectivity index (χ2v) is 6.85. The van der Waals surface area contributed by atoms with Gasteiger partial charge in [0.2, 0.25) is 11.9 Å². The molecule has 0 aliphatic carbocycles. The van der Waals surface area contributed by atoms with Gasteiger partial charge in [0.1, 0.15) is 30.7 Å². The second kappa shape index (κ2) is 7.08. The van der Waals surface area contributed by atoms with Gasteiger partial charge in [0.15, 0.2) is 0 Å². The number of carbonyl (C=O) groups is 2. The first kappa shape index (κ1) is 19.9. The number of hydrogen-bond donors (Lipinski definition) is 1. The summed E-state index contributed by atoms with van der Waals surface area (Å²) >= 11 is 0. The number of likely N-dealkylation sites (tertiary alicyclic amines) is 1. The van der Waals surface area contributed by atoms with Crippen LogP contribution in [0.4, 0.5) is 28.3 Å². The average Bonchev–Trinajstić information content (AvgIpc) is 3.01. The fraction of sp³-hybridized carbons (Fsp3) is 0.714. The van der Waals surface area contributed by atoms with Crippen LogP contribution in [0.15, 0.2) is 6.33 Å². The highest BCUT2D eigenvalue weighted by atomic mass is 19.4. The minimum atomic E-state index is -4.49. The van der Waals surface area contributed by atoms with Crippen LogP contribution >= 0.6 is 0 Å². The van der Waals surface area contributed by atoms with E-state index in [1.54, 1.807) is 20.8 Å². The zero-order valence-electron chi connectivity index (χ0n) is 14.4. The molecule has 2 amide bonds. The van der Waals surface area contributed by atoms with Gasteiger partial charge in [-0.05, 0) is 20.8 Å². The average molecular weight is 381 g/mol. The Bertz CT molecular complexity index is 670. The highest BCUT2D eigenvalue weighted by molar-refractivity contribution is 5.95. The van der Waals surface area contributed by atoms with Crippen molar-refractivity contribution < 1.29 is 31.9 Å². The zero-order valence-corrected chi connectivity index (χ0v) is 14.4. The molecular formula is C14H19F4N5O3. The molecule has 0 saturated carbocycles. The molecule has 1 aromatic heterocycles. The van der Waals surface area contributed by atoms with Crippen molar-refractivity contribution in [3.8, 4) is 0 Å². The van der Waals surface area contributed by atoms with Crippen LogP contribution in [-0.2, 0) is 16.1 Å². The Kier molecular flexibility index (Phi) is 5.42. The molecule has 8 nitrogen and oxygen atoms in total. The summed E-state index contributed by atoms with van der Waals surface area (Å²) < 4.78 is 56.3. The maximum Gasteiger partial charge on any atom is 0.411 e. The van der Waals surface area contributed by atoms with Crippen molar-refractivity contribution in [2.45, 2.75) is 57.7 Å². The monoisotopic (exact) mass is 381 g/mol. The third-order valence-corrected chi connectivity index (χ3v) is 3.29. The molecule has 2 rings (SSSR count). The number of rotatable bonds is 3. The van der Waals surface area contributed by atoms with Crippen molar-refractivity contribution >= 4 is 17.9 Å². The molecule has 1 aliphatic heterocycles. The summed E-state index contributed by atoms with van der Waals surface area (Å²) in [6, 6.07) is -1.17. The predicted octanol–water partition coefficient (Wildman–Crippen LogP) is 2.13. The summed E-state index contributed by atoms with van der Waals surface area (Å²) in [7, 11) is 0. The molecule has 1 N–H and O–H groups in total. The van der Waals surface area contributed by atoms with E-state index in [4.69, 9.17) is 4.74 Å². The van der Waals surface area contributed by atoms with Crippen LogP contribution in [0.25, 0.3) is 0 Å². The van der Waals surface area contributed by atoms with Crippen LogP contribution in [0.1, 0.15) is 27.2 Å². The van der Waals surface area contributed by atoms with Gasteiger partial charge in [0.25, 0.3) is 0 Å². The summed E-state index contributed by atoms with van der Waals surface area (Å²) in [4.78, 5) is 28.9. The molecule has 2 atom stereocenters. The molecule has 12 heteroatoms. The lowest BCUT2D eigenvalue weighted by Gasteiger charge is -2.27. The predicted molar refractivity (Wildman–Crippen MR) is 80.9 cm³/mol. The molecule has 1 aromatic rings. The molecule has 146 valence electrons. The van der Waals surface area contributed by atoms with Gasteiger partial charge in [-0.25, -0.2) is 18.9 Å². The molecule has 1 saturated heterocycles. The minimum absolute atomic E-state index is 0.256. The fourth-order valence-electron chi connectivity index (χ4n) is 2.36. The number of ether oxygens (including phenoxy) is 1. The highest BCUT2D eigenvalue weighted by Gasteiger charge is 2.42. The summed E-state index contributed by atoms with van der Waals surface area (Å²) in [6.45, 7) is 3.19. The van der Waals surface area contributed by atoms with Gasteiger partial charge in [-0.15, -0.1) is 5.10 Å². The fourth-order valence-corrected chi connectivity index (χ4v) is 2.36. The minimum Gasteiger partial charge on any atom is -0.444 e. The Labute approximate surface area is 146 Å². The number of hydrogen-bond acceptors (Lipinski definition) is 5. The highest BCUT2D eigenvalue weighted by Crippen LogP contribution is 2.24. The lowest BCUT2D eigenvalue weighted by molar-refractivity contribution is -0.142. The van der Waals surface area contributed by atoms with Crippen LogP contribution in [0, 0.1) is 0 Å². The lowest BCUT2D eigenvalue weighted by atomic mass is 10.2. The first-order valence-electron chi connectivity index (χ1n) is 7.75. The van der Waals surface area contributed by atoms with E-state index in [2.05, 4.69) is 15.4 Å². The molecular weight excluding hydrogens is 362 g/mol.